The SMILES string of the molecule is CCCCCCCCCCCCOc1ccc(C(=O)N[C@@H](CC(C)C)C(=O)O)cc1. The molecule has 0 saturated carbocycles. The first-order chi connectivity index (χ1) is 14.4. The minimum Gasteiger partial charge on any atom is -0.494 e. The predicted octanol–water partition coefficient (Wildman–Crippen LogP) is 6.22. The van der Waals surface area contributed by atoms with Gasteiger partial charge in [0.1, 0.15) is 11.8 Å². The van der Waals surface area contributed by atoms with Crippen molar-refractivity contribution >= 4 is 11.9 Å². The van der Waals surface area contributed by atoms with Gasteiger partial charge in [0, 0.05) is 5.56 Å². The van der Waals surface area contributed by atoms with E-state index in [-0.39, 0.29) is 11.8 Å². The second-order valence-corrected chi connectivity index (χ2v) is 8.55. The van der Waals surface area contributed by atoms with Gasteiger partial charge in [-0.1, -0.05) is 78.6 Å². The highest BCUT2D eigenvalue weighted by Crippen LogP contribution is 2.15. The molecule has 0 bridgehead atoms. The van der Waals surface area contributed by atoms with Gasteiger partial charge < -0.3 is 15.2 Å². The van der Waals surface area contributed by atoms with Crippen LogP contribution in [-0.4, -0.2) is 29.6 Å². The zero-order valence-corrected chi connectivity index (χ0v) is 19.1. The quantitative estimate of drug-likeness (QED) is 0.294. The molecule has 0 spiro atoms. The van der Waals surface area contributed by atoms with E-state index in [9.17, 15) is 14.7 Å². The number of carbonyl (C=O) groups excluding carboxylic acids is 1. The van der Waals surface area contributed by atoms with Crippen LogP contribution in [-0.2, 0) is 4.79 Å². The lowest BCUT2D eigenvalue weighted by atomic mass is 10.0. The fraction of sp³-hybridized carbons (Fsp3) is 0.680. The lowest BCUT2D eigenvalue weighted by molar-refractivity contribution is -0.139. The minimum atomic E-state index is -1.01. The Balaban J connectivity index is 2.21. The normalized spacial score (nSPS) is 12.0. The molecule has 170 valence electrons. The molecule has 1 atom stereocenters. The Morgan fingerprint density at radius 2 is 1.43 bits per heavy atom. The van der Waals surface area contributed by atoms with Gasteiger partial charge in [0.25, 0.3) is 5.91 Å². The summed E-state index contributed by atoms with van der Waals surface area (Å²) in [5, 5.41) is 11.9. The molecule has 5 heteroatoms. The largest absolute Gasteiger partial charge is 0.494 e. The summed E-state index contributed by atoms with van der Waals surface area (Å²) >= 11 is 0. The Kier molecular flexibility index (Phi) is 13.7. The van der Waals surface area contributed by atoms with E-state index in [0.717, 1.165) is 12.2 Å². The predicted molar refractivity (Wildman–Crippen MR) is 122 cm³/mol. The van der Waals surface area contributed by atoms with Gasteiger partial charge in [-0.3, -0.25) is 4.79 Å². The maximum atomic E-state index is 12.3. The maximum Gasteiger partial charge on any atom is 0.326 e. The molecule has 0 unspecified atom stereocenters. The Bertz CT molecular complexity index is 598. The Morgan fingerprint density at radius 3 is 1.93 bits per heavy atom. The summed E-state index contributed by atoms with van der Waals surface area (Å²) in [6.07, 6.45) is 13.3. The number of carboxylic acids is 1. The molecule has 1 aromatic carbocycles. The number of ether oxygens (including phenoxy) is 1. The number of rotatable bonds is 17. The van der Waals surface area contributed by atoms with Gasteiger partial charge in [0.2, 0.25) is 0 Å². The molecule has 0 aliphatic rings. The number of unbranched alkanes of at least 4 members (excludes halogenated alkanes) is 9. The van der Waals surface area contributed by atoms with Crippen LogP contribution in [0, 0.1) is 5.92 Å². The fourth-order valence-electron chi connectivity index (χ4n) is 3.42. The van der Waals surface area contributed by atoms with Crippen molar-refractivity contribution in [2.75, 3.05) is 6.61 Å². The standard InChI is InChI=1S/C25H41NO4/c1-4-5-6-7-8-9-10-11-12-13-18-30-22-16-14-21(15-17-22)24(27)26-23(25(28)29)19-20(2)3/h14-17,20,23H,4-13,18-19H2,1-3H3,(H,26,27)(H,28,29)/t23-/m0/s1. The van der Waals surface area contributed by atoms with Gasteiger partial charge in [-0.25, -0.2) is 4.79 Å². The Labute approximate surface area is 182 Å². The second-order valence-electron chi connectivity index (χ2n) is 8.55. The van der Waals surface area contributed by atoms with Crippen LogP contribution in [0.1, 0.15) is 102 Å². The van der Waals surface area contributed by atoms with E-state index < -0.39 is 12.0 Å². The summed E-state index contributed by atoms with van der Waals surface area (Å²) in [6, 6.07) is 6.02. The molecule has 0 aliphatic heterocycles. The molecule has 0 radical (unpaired) electrons. The lowest BCUT2D eigenvalue weighted by Gasteiger charge is -2.16. The van der Waals surface area contributed by atoms with E-state index in [0.29, 0.717) is 18.6 Å². The summed E-state index contributed by atoms with van der Waals surface area (Å²) in [4.78, 5) is 23.6. The molecule has 2 N–H and O–H groups in total. The van der Waals surface area contributed by atoms with Gasteiger partial charge in [-0.2, -0.15) is 0 Å². The average Bonchev–Trinajstić information content (AvgIpc) is 2.71. The van der Waals surface area contributed by atoms with E-state index in [1.165, 1.54) is 57.8 Å². The zero-order chi connectivity index (χ0) is 22.2. The highest BCUT2D eigenvalue weighted by atomic mass is 16.5. The van der Waals surface area contributed by atoms with E-state index in [1.807, 2.05) is 13.8 Å². The van der Waals surface area contributed by atoms with Crippen LogP contribution in [0.5, 0.6) is 5.75 Å². The molecule has 0 fully saturated rings. The molecule has 1 amide bonds. The van der Waals surface area contributed by atoms with Gasteiger partial charge >= 0.3 is 5.97 Å². The summed E-state index contributed by atoms with van der Waals surface area (Å²) in [6.45, 7) is 6.79. The van der Waals surface area contributed by atoms with E-state index >= 15 is 0 Å². The first kappa shape index (κ1) is 26.0. The molecule has 1 rings (SSSR count). The molecular weight excluding hydrogens is 378 g/mol. The van der Waals surface area contributed by atoms with Gasteiger partial charge in [-0.15, -0.1) is 0 Å². The first-order valence-electron chi connectivity index (χ1n) is 11.7. The summed E-state index contributed by atoms with van der Waals surface area (Å²) in [7, 11) is 0. The van der Waals surface area contributed by atoms with Crippen LogP contribution < -0.4 is 10.1 Å². The first-order valence-corrected chi connectivity index (χ1v) is 11.7. The zero-order valence-electron chi connectivity index (χ0n) is 19.1. The van der Waals surface area contributed by atoms with Crippen molar-refractivity contribution in [1.29, 1.82) is 0 Å². The van der Waals surface area contributed by atoms with Gasteiger partial charge in [-0.05, 0) is 43.0 Å². The van der Waals surface area contributed by atoms with Crippen molar-refractivity contribution < 1.29 is 19.4 Å². The summed E-state index contributed by atoms with van der Waals surface area (Å²) in [5.74, 6) is -0.454. The molecule has 0 heterocycles. The van der Waals surface area contributed by atoms with Crippen molar-refractivity contribution in [3.8, 4) is 5.75 Å². The van der Waals surface area contributed by atoms with E-state index in [1.54, 1.807) is 24.3 Å². The lowest BCUT2D eigenvalue weighted by Crippen LogP contribution is -2.41. The van der Waals surface area contributed by atoms with Crippen molar-refractivity contribution in [1.82, 2.24) is 5.32 Å². The number of benzene rings is 1. The Morgan fingerprint density at radius 1 is 0.900 bits per heavy atom. The maximum absolute atomic E-state index is 12.3. The molecular formula is C25H41NO4. The van der Waals surface area contributed by atoms with Crippen molar-refractivity contribution in [2.24, 2.45) is 5.92 Å². The third-order valence-electron chi connectivity index (χ3n) is 5.19. The summed E-state index contributed by atoms with van der Waals surface area (Å²) < 4.78 is 5.76. The average molecular weight is 420 g/mol. The molecule has 1 aromatic rings. The molecule has 5 nitrogen and oxygen atoms in total. The number of carboxylic acid groups (broad SMARTS) is 1. The number of nitrogens with one attached hydrogen (secondary N) is 1. The van der Waals surface area contributed by atoms with Gasteiger partial charge in [0.15, 0.2) is 0 Å². The van der Waals surface area contributed by atoms with Crippen molar-refractivity contribution in [2.45, 2.75) is 97.4 Å². The highest BCUT2D eigenvalue weighted by Gasteiger charge is 2.21. The molecule has 0 aliphatic carbocycles. The van der Waals surface area contributed by atoms with Crippen LogP contribution in [0.4, 0.5) is 0 Å². The second kappa shape index (κ2) is 15.8. The highest BCUT2D eigenvalue weighted by molar-refractivity contribution is 5.96. The number of hydrogen-bond donors (Lipinski definition) is 2. The van der Waals surface area contributed by atoms with Gasteiger partial charge in [0.05, 0.1) is 6.61 Å². The summed E-state index contributed by atoms with van der Waals surface area (Å²) in [5.41, 5.74) is 0.441. The third kappa shape index (κ3) is 11.8. The number of carbonyl (C=O) groups is 2. The Hall–Kier alpha value is -2.04. The fourth-order valence-corrected chi connectivity index (χ4v) is 3.42. The third-order valence-corrected chi connectivity index (χ3v) is 5.19. The molecule has 30 heavy (non-hydrogen) atoms. The van der Waals surface area contributed by atoms with Crippen LogP contribution in [0.2, 0.25) is 0 Å². The number of hydrogen-bond acceptors (Lipinski definition) is 3. The molecule has 0 saturated heterocycles. The van der Waals surface area contributed by atoms with E-state index in [2.05, 4.69) is 12.2 Å². The monoisotopic (exact) mass is 419 g/mol. The van der Waals surface area contributed by atoms with Crippen molar-refractivity contribution in [3.05, 3.63) is 29.8 Å². The minimum absolute atomic E-state index is 0.188. The number of amides is 1. The smallest absolute Gasteiger partial charge is 0.326 e. The van der Waals surface area contributed by atoms with Crippen LogP contribution >= 0.6 is 0 Å². The van der Waals surface area contributed by atoms with Crippen LogP contribution in [0.25, 0.3) is 0 Å². The number of aliphatic carboxylic acids is 1. The van der Waals surface area contributed by atoms with Crippen LogP contribution in [0.15, 0.2) is 24.3 Å². The topological polar surface area (TPSA) is 75.6 Å². The van der Waals surface area contributed by atoms with Crippen LogP contribution in [0.3, 0.4) is 0 Å². The molecule has 0 aromatic heterocycles. The van der Waals surface area contributed by atoms with Crippen molar-refractivity contribution in [3.63, 3.8) is 0 Å². The van der Waals surface area contributed by atoms with E-state index in [4.69, 9.17) is 4.74 Å².